The van der Waals surface area contributed by atoms with E-state index in [0.717, 1.165) is 10.6 Å². The summed E-state index contributed by atoms with van der Waals surface area (Å²) >= 11 is 1.62. The van der Waals surface area contributed by atoms with Crippen molar-refractivity contribution in [3.8, 4) is 0 Å². The average Bonchev–Trinajstić information content (AvgIpc) is 3.16. The third-order valence-corrected chi connectivity index (χ3v) is 4.37. The Morgan fingerprint density at radius 3 is 3.29 bits per heavy atom. The van der Waals surface area contributed by atoms with E-state index in [1.165, 1.54) is 0 Å². The first-order valence-electron chi connectivity index (χ1n) is 6.78. The molecule has 0 aromatic carbocycles. The highest BCUT2D eigenvalue weighted by atomic mass is 32.1. The van der Waals surface area contributed by atoms with Crippen LogP contribution in [-0.2, 0) is 16.1 Å². The zero-order valence-electron chi connectivity index (χ0n) is 11.8. The Kier molecular flexibility index (Phi) is 4.17. The third kappa shape index (κ3) is 3.06. The van der Waals surface area contributed by atoms with Gasteiger partial charge in [-0.15, -0.1) is 11.3 Å². The van der Waals surface area contributed by atoms with Crippen molar-refractivity contribution in [3.63, 3.8) is 0 Å². The predicted molar refractivity (Wildman–Crippen MR) is 81.9 cm³/mol. The maximum atomic E-state index is 12.3. The van der Waals surface area contributed by atoms with Crippen molar-refractivity contribution in [1.29, 1.82) is 0 Å². The Labute approximate surface area is 127 Å². The van der Waals surface area contributed by atoms with Crippen LogP contribution in [0, 0.1) is 0 Å². The molecule has 0 aliphatic carbocycles. The minimum absolute atomic E-state index is 0.0250. The highest BCUT2D eigenvalue weighted by Crippen LogP contribution is 2.21. The van der Waals surface area contributed by atoms with Crippen LogP contribution in [0.1, 0.15) is 16.6 Å². The molecule has 1 unspecified atom stereocenters. The second-order valence-electron chi connectivity index (χ2n) is 4.97. The Hall–Kier alpha value is -1.92. The molecule has 2 aromatic heterocycles. The lowest BCUT2D eigenvalue weighted by Gasteiger charge is -2.33. The van der Waals surface area contributed by atoms with Crippen LogP contribution < -0.4 is 0 Å². The Morgan fingerprint density at radius 2 is 2.52 bits per heavy atom. The van der Waals surface area contributed by atoms with Gasteiger partial charge in [-0.25, -0.2) is 4.98 Å². The van der Waals surface area contributed by atoms with Crippen LogP contribution in [0.25, 0.3) is 6.08 Å². The Bertz CT molecular complexity index is 633. The highest BCUT2D eigenvalue weighted by Gasteiger charge is 2.26. The van der Waals surface area contributed by atoms with E-state index >= 15 is 0 Å². The fourth-order valence-corrected chi connectivity index (χ4v) is 3.14. The zero-order chi connectivity index (χ0) is 14.7. The van der Waals surface area contributed by atoms with E-state index in [4.69, 9.17) is 4.74 Å². The topological polar surface area (TPSA) is 47.4 Å². The lowest BCUT2D eigenvalue weighted by molar-refractivity contribution is -0.128. The molecule has 0 radical (unpaired) electrons. The number of thiophene rings is 1. The molecule has 0 saturated heterocycles. The molecule has 0 N–H and O–H groups in total. The van der Waals surface area contributed by atoms with Gasteiger partial charge in [0.05, 0.1) is 31.2 Å². The van der Waals surface area contributed by atoms with Gasteiger partial charge in [0.2, 0.25) is 5.91 Å². The summed E-state index contributed by atoms with van der Waals surface area (Å²) in [6.45, 7) is 1.81. The molecule has 3 rings (SSSR count). The van der Waals surface area contributed by atoms with Crippen molar-refractivity contribution < 1.29 is 9.53 Å². The fraction of sp³-hybridized carbons (Fsp3) is 0.333. The number of carbonyl (C=O) groups is 1. The fourth-order valence-electron chi connectivity index (χ4n) is 2.52. The van der Waals surface area contributed by atoms with Crippen molar-refractivity contribution in [2.24, 2.45) is 0 Å². The molecule has 0 saturated carbocycles. The van der Waals surface area contributed by atoms with E-state index in [1.807, 2.05) is 41.0 Å². The van der Waals surface area contributed by atoms with Gasteiger partial charge in [0.1, 0.15) is 0 Å². The van der Waals surface area contributed by atoms with Crippen LogP contribution in [0.15, 0.2) is 36.1 Å². The lowest BCUT2D eigenvalue weighted by atomic mass is 10.2. The second kappa shape index (κ2) is 6.24. The molecular weight excluding hydrogens is 286 g/mol. The van der Waals surface area contributed by atoms with Crippen molar-refractivity contribution >= 4 is 23.3 Å². The number of methoxy groups -OCH3 is 1. The summed E-state index contributed by atoms with van der Waals surface area (Å²) in [5.41, 5.74) is 1.04. The summed E-state index contributed by atoms with van der Waals surface area (Å²) in [5, 5.41) is 2.00. The number of rotatable bonds is 4. The van der Waals surface area contributed by atoms with Gasteiger partial charge in [0.15, 0.2) is 0 Å². The number of hydrogen-bond acceptors (Lipinski definition) is 4. The van der Waals surface area contributed by atoms with E-state index in [9.17, 15) is 4.79 Å². The van der Waals surface area contributed by atoms with Crippen molar-refractivity contribution in [2.75, 3.05) is 20.3 Å². The molecule has 21 heavy (non-hydrogen) atoms. The first kappa shape index (κ1) is 14.0. The van der Waals surface area contributed by atoms with Crippen molar-refractivity contribution in [2.45, 2.75) is 12.6 Å². The molecular formula is C15H17N3O2S. The number of ether oxygens (including phenoxy) is 1. The second-order valence-corrected chi connectivity index (χ2v) is 5.95. The SMILES string of the molecule is COCC1CN(C(=O)/C=C/c2cccs2)Cc2cncn21. The van der Waals surface area contributed by atoms with Gasteiger partial charge in [-0.05, 0) is 17.5 Å². The predicted octanol–water partition coefficient (Wildman–Crippen LogP) is 2.19. The third-order valence-electron chi connectivity index (χ3n) is 3.53. The number of aromatic nitrogens is 2. The molecule has 1 aliphatic heterocycles. The minimum Gasteiger partial charge on any atom is -0.382 e. The van der Waals surface area contributed by atoms with Gasteiger partial charge in [0.25, 0.3) is 0 Å². The average molecular weight is 303 g/mol. The summed E-state index contributed by atoms with van der Waals surface area (Å²) in [4.78, 5) is 19.4. The van der Waals surface area contributed by atoms with Gasteiger partial charge >= 0.3 is 0 Å². The molecule has 5 nitrogen and oxygen atoms in total. The number of imidazole rings is 1. The first-order valence-corrected chi connectivity index (χ1v) is 7.66. The van der Waals surface area contributed by atoms with Gasteiger partial charge in [0, 0.05) is 30.8 Å². The molecule has 110 valence electrons. The standard InChI is InChI=1S/C15H17N3O2S/c1-20-10-13-9-17(8-12-7-16-11-18(12)13)15(19)5-4-14-3-2-6-21-14/h2-7,11,13H,8-10H2,1H3/b5-4+. The largest absolute Gasteiger partial charge is 0.382 e. The van der Waals surface area contributed by atoms with E-state index in [2.05, 4.69) is 9.55 Å². The summed E-state index contributed by atoms with van der Waals surface area (Å²) in [7, 11) is 1.67. The number of hydrogen-bond donors (Lipinski definition) is 0. The zero-order valence-corrected chi connectivity index (χ0v) is 12.6. The van der Waals surface area contributed by atoms with E-state index in [0.29, 0.717) is 19.7 Å². The molecule has 1 atom stereocenters. The Balaban J connectivity index is 1.73. The highest BCUT2D eigenvalue weighted by molar-refractivity contribution is 7.10. The Morgan fingerprint density at radius 1 is 1.62 bits per heavy atom. The van der Waals surface area contributed by atoms with Crippen LogP contribution in [0.5, 0.6) is 0 Å². The van der Waals surface area contributed by atoms with Crippen LogP contribution in [0.4, 0.5) is 0 Å². The molecule has 3 heterocycles. The van der Waals surface area contributed by atoms with Crippen molar-refractivity contribution in [3.05, 3.63) is 46.7 Å². The van der Waals surface area contributed by atoms with E-state index in [1.54, 1.807) is 24.5 Å². The monoisotopic (exact) mass is 303 g/mol. The molecule has 6 heteroatoms. The van der Waals surface area contributed by atoms with Crippen LogP contribution in [0.3, 0.4) is 0 Å². The summed E-state index contributed by atoms with van der Waals surface area (Å²) in [6, 6.07) is 4.09. The molecule has 2 aromatic rings. The van der Waals surface area contributed by atoms with E-state index in [-0.39, 0.29) is 11.9 Å². The normalized spacial score (nSPS) is 18.1. The molecule has 0 spiro atoms. The smallest absolute Gasteiger partial charge is 0.247 e. The maximum Gasteiger partial charge on any atom is 0.247 e. The molecule has 1 amide bonds. The molecule has 1 aliphatic rings. The maximum absolute atomic E-state index is 12.3. The minimum atomic E-state index is 0.0250. The quantitative estimate of drug-likeness (QED) is 0.814. The van der Waals surface area contributed by atoms with Gasteiger partial charge < -0.3 is 14.2 Å². The molecule has 0 fully saturated rings. The van der Waals surface area contributed by atoms with Crippen LogP contribution in [-0.4, -0.2) is 40.6 Å². The number of carbonyl (C=O) groups excluding carboxylic acids is 1. The summed E-state index contributed by atoms with van der Waals surface area (Å²) in [5.74, 6) is 0.0250. The van der Waals surface area contributed by atoms with Gasteiger partial charge in [-0.1, -0.05) is 6.07 Å². The molecule has 0 bridgehead atoms. The first-order chi connectivity index (χ1) is 10.3. The number of fused-ring (bicyclic) bond motifs is 1. The number of amides is 1. The van der Waals surface area contributed by atoms with Crippen molar-refractivity contribution in [1.82, 2.24) is 14.5 Å². The van der Waals surface area contributed by atoms with E-state index < -0.39 is 0 Å². The summed E-state index contributed by atoms with van der Waals surface area (Å²) in [6.07, 6.45) is 7.12. The van der Waals surface area contributed by atoms with Crippen LogP contribution >= 0.6 is 11.3 Å². The van der Waals surface area contributed by atoms with Crippen LogP contribution in [0.2, 0.25) is 0 Å². The lowest BCUT2D eigenvalue weighted by Crippen LogP contribution is -2.41. The number of nitrogens with zero attached hydrogens (tertiary/aromatic N) is 3. The van der Waals surface area contributed by atoms with Gasteiger partial charge in [-0.2, -0.15) is 0 Å². The van der Waals surface area contributed by atoms with Gasteiger partial charge in [-0.3, -0.25) is 4.79 Å². The summed E-state index contributed by atoms with van der Waals surface area (Å²) < 4.78 is 7.35.